The maximum atomic E-state index is 11.3. The number of carboxylic acids is 1. The molecule has 3 nitrogen and oxygen atoms in total. The SMILES string of the molecule is CCC1CCC(C(=O)O)C(SCc2ccco2)C1. The van der Waals surface area contributed by atoms with Gasteiger partial charge in [-0.05, 0) is 37.3 Å². The van der Waals surface area contributed by atoms with Crippen molar-refractivity contribution in [3.63, 3.8) is 0 Å². The van der Waals surface area contributed by atoms with Gasteiger partial charge in [0.15, 0.2) is 0 Å². The van der Waals surface area contributed by atoms with Gasteiger partial charge in [0.05, 0.1) is 17.9 Å². The number of carbonyl (C=O) groups is 1. The molecule has 1 aromatic heterocycles. The van der Waals surface area contributed by atoms with Crippen LogP contribution < -0.4 is 0 Å². The molecule has 2 rings (SSSR count). The van der Waals surface area contributed by atoms with Gasteiger partial charge in [-0.25, -0.2) is 0 Å². The number of furan rings is 1. The van der Waals surface area contributed by atoms with Gasteiger partial charge in [0, 0.05) is 5.25 Å². The molecular weight excluding hydrogens is 248 g/mol. The summed E-state index contributed by atoms with van der Waals surface area (Å²) in [6, 6.07) is 3.82. The Kier molecular flexibility index (Phi) is 4.75. The summed E-state index contributed by atoms with van der Waals surface area (Å²) < 4.78 is 5.31. The van der Waals surface area contributed by atoms with Crippen molar-refractivity contribution >= 4 is 17.7 Å². The summed E-state index contributed by atoms with van der Waals surface area (Å²) in [5.74, 6) is 1.57. The molecule has 1 N–H and O–H groups in total. The van der Waals surface area contributed by atoms with Crippen LogP contribution in [0.5, 0.6) is 0 Å². The van der Waals surface area contributed by atoms with E-state index in [1.165, 1.54) is 0 Å². The molecule has 1 aliphatic rings. The molecule has 4 heteroatoms. The largest absolute Gasteiger partial charge is 0.481 e. The van der Waals surface area contributed by atoms with Crippen LogP contribution in [0.1, 0.15) is 38.4 Å². The van der Waals surface area contributed by atoms with Crippen LogP contribution >= 0.6 is 11.8 Å². The van der Waals surface area contributed by atoms with E-state index >= 15 is 0 Å². The Morgan fingerprint density at radius 3 is 3.00 bits per heavy atom. The maximum absolute atomic E-state index is 11.3. The van der Waals surface area contributed by atoms with Gasteiger partial charge in [-0.15, -0.1) is 11.8 Å². The Morgan fingerprint density at radius 2 is 2.39 bits per heavy atom. The van der Waals surface area contributed by atoms with Crippen LogP contribution in [0.3, 0.4) is 0 Å². The van der Waals surface area contributed by atoms with Gasteiger partial charge in [-0.1, -0.05) is 13.3 Å². The van der Waals surface area contributed by atoms with Crippen molar-refractivity contribution in [1.29, 1.82) is 0 Å². The average molecular weight is 268 g/mol. The summed E-state index contributed by atoms with van der Waals surface area (Å²) in [5, 5.41) is 9.52. The Balaban J connectivity index is 1.94. The number of hydrogen-bond donors (Lipinski definition) is 1. The first-order chi connectivity index (χ1) is 8.70. The summed E-state index contributed by atoms with van der Waals surface area (Å²) in [4.78, 5) is 11.3. The van der Waals surface area contributed by atoms with E-state index in [9.17, 15) is 9.90 Å². The second-order valence-corrected chi connectivity index (χ2v) is 6.19. The highest BCUT2D eigenvalue weighted by Crippen LogP contribution is 2.39. The van der Waals surface area contributed by atoms with Crippen LogP contribution in [0.4, 0.5) is 0 Å². The zero-order valence-corrected chi connectivity index (χ0v) is 11.5. The quantitative estimate of drug-likeness (QED) is 0.882. The standard InChI is InChI=1S/C14H20O3S/c1-2-10-5-6-12(14(15)16)13(8-10)18-9-11-4-3-7-17-11/h3-4,7,10,12-13H,2,5-6,8-9H2,1H3,(H,15,16). The number of hydrogen-bond acceptors (Lipinski definition) is 3. The molecule has 1 heterocycles. The van der Waals surface area contributed by atoms with Crippen molar-refractivity contribution in [2.45, 2.75) is 43.6 Å². The molecule has 3 unspecified atom stereocenters. The molecule has 0 amide bonds. The fraction of sp³-hybridized carbons (Fsp3) is 0.643. The Hall–Kier alpha value is -0.900. The second kappa shape index (κ2) is 6.32. The highest BCUT2D eigenvalue weighted by molar-refractivity contribution is 7.99. The number of carboxylic acid groups (broad SMARTS) is 1. The molecule has 1 saturated carbocycles. The van der Waals surface area contributed by atoms with Gasteiger partial charge in [0.2, 0.25) is 0 Å². The lowest BCUT2D eigenvalue weighted by molar-refractivity contribution is -0.142. The van der Waals surface area contributed by atoms with E-state index in [1.54, 1.807) is 18.0 Å². The van der Waals surface area contributed by atoms with E-state index in [1.807, 2.05) is 12.1 Å². The van der Waals surface area contributed by atoms with E-state index in [2.05, 4.69) is 6.92 Å². The van der Waals surface area contributed by atoms with E-state index < -0.39 is 5.97 Å². The van der Waals surface area contributed by atoms with Gasteiger partial charge in [-0.3, -0.25) is 4.79 Å². The Bertz CT molecular complexity index is 374. The lowest BCUT2D eigenvalue weighted by atomic mass is 9.80. The van der Waals surface area contributed by atoms with Gasteiger partial charge < -0.3 is 9.52 Å². The third-order valence-corrected chi connectivity index (χ3v) is 5.21. The number of aliphatic carboxylic acids is 1. The topological polar surface area (TPSA) is 50.4 Å². The van der Waals surface area contributed by atoms with Gasteiger partial charge >= 0.3 is 5.97 Å². The van der Waals surface area contributed by atoms with Crippen molar-refractivity contribution < 1.29 is 14.3 Å². The summed E-state index contributed by atoms with van der Waals surface area (Å²) in [7, 11) is 0. The average Bonchev–Trinajstić information content (AvgIpc) is 2.88. The maximum Gasteiger partial charge on any atom is 0.307 e. The molecule has 0 aliphatic heterocycles. The number of rotatable bonds is 5. The smallest absolute Gasteiger partial charge is 0.307 e. The first-order valence-corrected chi connectivity index (χ1v) is 7.62. The van der Waals surface area contributed by atoms with Crippen LogP contribution in [0.15, 0.2) is 22.8 Å². The highest BCUT2D eigenvalue weighted by Gasteiger charge is 2.34. The normalized spacial score (nSPS) is 28.2. The molecular formula is C14H20O3S. The molecule has 1 fully saturated rings. The van der Waals surface area contributed by atoms with E-state index in [0.717, 1.165) is 37.2 Å². The molecule has 0 aromatic carbocycles. The van der Waals surface area contributed by atoms with E-state index in [4.69, 9.17) is 4.42 Å². The summed E-state index contributed by atoms with van der Waals surface area (Å²) in [6.45, 7) is 2.19. The summed E-state index contributed by atoms with van der Waals surface area (Å²) in [6.07, 6.45) is 5.73. The third-order valence-electron chi connectivity index (χ3n) is 3.81. The van der Waals surface area contributed by atoms with Crippen molar-refractivity contribution in [3.8, 4) is 0 Å². The van der Waals surface area contributed by atoms with Crippen molar-refractivity contribution in [1.82, 2.24) is 0 Å². The van der Waals surface area contributed by atoms with Gasteiger partial charge in [0.1, 0.15) is 5.76 Å². The lowest BCUT2D eigenvalue weighted by Crippen LogP contribution is -2.32. The zero-order valence-electron chi connectivity index (χ0n) is 10.7. The third kappa shape index (κ3) is 3.31. The first-order valence-electron chi connectivity index (χ1n) is 6.57. The monoisotopic (exact) mass is 268 g/mol. The molecule has 0 bridgehead atoms. The molecule has 0 saturated heterocycles. The minimum atomic E-state index is -0.638. The predicted molar refractivity (Wildman–Crippen MR) is 72.5 cm³/mol. The van der Waals surface area contributed by atoms with Crippen LogP contribution in [0.25, 0.3) is 0 Å². The van der Waals surface area contributed by atoms with Gasteiger partial charge in [-0.2, -0.15) is 0 Å². The fourth-order valence-electron chi connectivity index (χ4n) is 2.63. The van der Waals surface area contributed by atoms with Crippen LogP contribution in [-0.4, -0.2) is 16.3 Å². The summed E-state index contributed by atoms with van der Waals surface area (Å²) >= 11 is 1.74. The predicted octanol–water partition coefficient (Wildman–Crippen LogP) is 3.79. The Labute approximate surface area is 112 Å². The van der Waals surface area contributed by atoms with Crippen LogP contribution in [0.2, 0.25) is 0 Å². The van der Waals surface area contributed by atoms with E-state index in [0.29, 0.717) is 5.92 Å². The molecule has 0 spiro atoms. The van der Waals surface area contributed by atoms with E-state index in [-0.39, 0.29) is 11.2 Å². The molecule has 1 aromatic rings. The minimum absolute atomic E-state index is 0.187. The van der Waals surface area contributed by atoms with Crippen LogP contribution in [0, 0.1) is 11.8 Å². The second-order valence-electron chi connectivity index (χ2n) is 4.96. The van der Waals surface area contributed by atoms with Crippen molar-refractivity contribution in [2.24, 2.45) is 11.8 Å². The van der Waals surface area contributed by atoms with Gasteiger partial charge in [0.25, 0.3) is 0 Å². The lowest BCUT2D eigenvalue weighted by Gasteiger charge is -2.33. The molecule has 3 atom stereocenters. The molecule has 1 aliphatic carbocycles. The minimum Gasteiger partial charge on any atom is -0.481 e. The first kappa shape index (κ1) is 13.5. The number of thioether (sulfide) groups is 1. The molecule has 0 radical (unpaired) electrons. The van der Waals surface area contributed by atoms with Crippen molar-refractivity contribution in [3.05, 3.63) is 24.2 Å². The zero-order chi connectivity index (χ0) is 13.0. The van der Waals surface area contributed by atoms with Crippen LogP contribution in [-0.2, 0) is 10.5 Å². The Morgan fingerprint density at radius 1 is 1.56 bits per heavy atom. The molecule has 100 valence electrons. The summed E-state index contributed by atoms with van der Waals surface area (Å²) in [5.41, 5.74) is 0. The molecule has 18 heavy (non-hydrogen) atoms. The van der Waals surface area contributed by atoms with Crippen molar-refractivity contribution in [2.75, 3.05) is 0 Å². The fourth-order valence-corrected chi connectivity index (χ4v) is 4.07. The highest BCUT2D eigenvalue weighted by atomic mass is 32.2.